The first-order chi connectivity index (χ1) is 13.1. The van der Waals surface area contributed by atoms with E-state index in [1.54, 1.807) is 24.3 Å². The lowest BCUT2D eigenvalue weighted by Gasteiger charge is -2.34. The van der Waals surface area contributed by atoms with E-state index >= 15 is 0 Å². The first-order valence-electron chi connectivity index (χ1n) is 9.09. The van der Waals surface area contributed by atoms with Gasteiger partial charge in [0.15, 0.2) is 6.04 Å². The van der Waals surface area contributed by atoms with Crippen molar-refractivity contribution in [2.24, 2.45) is 0 Å². The van der Waals surface area contributed by atoms with E-state index in [2.05, 4.69) is 11.4 Å². The molecule has 3 rings (SSSR count). The molecule has 2 N–H and O–H groups in total. The Morgan fingerprint density at radius 1 is 1.07 bits per heavy atom. The Labute approximate surface area is 159 Å². The molecule has 0 unspecified atom stereocenters. The highest BCUT2D eigenvalue weighted by atomic mass is 16.2. The van der Waals surface area contributed by atoms with Crippen molar-refractivity contribution in [1.29, 1.82) is 5.26 Å². The van der Waals surface area contributed by atoms with E-state index in [4.69, 9.17) is 5.26 Å². The Balaban J connectivity index is 1.56. The Kier molecular flexibility index (Phi) is 5.84. The van der Waals surface area contributed by atoms with Gasteiger partial charge in [-0.3, -0.25) is 9.59 Å². The third-order valence-corrected chi connectivity index (χ3v) is 5.02. The van der Waals surface area contributed by atoms with Crippen molar-refractivity contribution in [2.45, 2.75) is 13.0 Å². The van der Waals surface area contributed by atoms with Crippen LogP contribution in [0.3, 0.4) is 0 Å². The quantitative estimate of drug-likeness (QED) is 0.848. The number of nitrogens with zero attached hydrogens (tertiary/aromatic N) is 2. The Morgan fingerprint density at radius 3 is 2.37 bits per heavy atom. The lowest BCUT2D eigenvalue weighted by molar-refractivity contribution is -0.917. The first-order valence-corrected chi connectivity index (χ1v) is 9.09. The van der Waals surface area contributed by atoms with Crippen LogP contribution in [0.15, 0.2) is 54.6 Å². The van der Waals surface area contributed by atoms with Gasteiger partial charge in [0, 0.05) is 5.56 Å². The minimum atomic E-state index is -0.259. The van der Waals surface area contributed by atoms with Crippen LogP contribution >= 0.6 is 0 Å². The van der Waals surface area contributed by atoms with Gasteiger partial charge in [0.2, 0.25) is 0 Å². The minimum absolute atomic E-state index is 0.0368. The van der Waals surface area contributed by atoms with E-state index in [-0.39, 0.29) is 17.9 Å². The van der Waals surface area contributed by atoms with E-state index < -0.39 is 0 Å². The summed E-state index contributed by atoms with van der Waals surface area (Å²) in [7, 11) is 0. The second-order valence-corrected chi connectivity index (χ2v) is 6.68. The highest BCUT2D eigenvalue weighted by Crippen LogP contribution is 2.13. The summed E-state index contributed by atoms with van der Waals surface area (Å²) in [5.74, 6) is -0.0785. The number of piperazine rings is 1. The van der Waals surface area contributed by atoms with Gasteiger partial charge in [-0.05, 0) is 31.2 Å². The summed E-state index contributed by atoms with van der Waals surface area (Å²) in [6, 6.07) is 18.1. The monoisotopic (exact) mass is 363 g/mol. The van der Waals surface area contributed by atoms with Crippen LogP contribution < -0.4 is 10.2 Å². The second-order valence-electron chi connectivity index (χ2n) is 6.68. The maximum atomic E-state index is 12.6. The number of para-hydroxylation sites is 1. The molecule has 0 aliphatic carbocycles. The number of benzene rings is 2. The van der Waals surface area contributed by atoms with Crippen molar-refractivity contribution in [3.8, 4) is 6.07 Å². The van der Waals surface area contributed by atoms with Crippen LogP contribution in [-0.4, -0.2) is 48.9 Å². The summed E-state index contributed by atoms with van der Waals surface area (Å²) in [5.41, 5.74) is 1.68. The van der Waals surface area contributed by atoms with Crippen LogP contribution in [0.4, 0.5) is 5.69 Å². The van der Waals surface area contributed by atoms with E-state index in [1.807, 2.05) is 42.2 Å². The average molecular weight is 363 g/mol. The molecule has 1 aliphatic rings. The number of rotatable bonds is 4. The number of quaternary nitrogens is 1. The molecular weight excluding hydrogens is 340 g/mol. The predicted molar refractivity (Wildman–Crippen MR) is 102 cm³/mol. The Bertz CT molecular complexity index is 852. The van der Waals surface area contributed by atoms with Crippen LogP contribution in [0.5, 0.6) is 0 Å². The molecule has 6 nitrogen and oxygen atoms in total. The van der Waals surface area contributed by atoms with Gasteiger partial charge in [0.25, 0.3) is 11.8 Å². The average Bonchev–Trinajstić information content (AvgIpc) is 2.73. The second kappa shape index (κ2) is 8.47. The maximum absolute atomic E-state index is 12.6. The molecule has 0 bridgehead atoms. The largest absolute Gasteiger partial charge is 0.327 e. The zero-order valence-electron chi connectivity index (χ0n) is 15.3. The summed E-state index contributed by atoms with van der Waals surface area (Å²) in [4.78, 5) is 28.1. The zero-order chi connectivity index (χ0) is 19.2. The number of anilines is 1. The third kappa shape index (κ3) is 4.33. The van der Waals surface area contributed by atoms with Gasteiger partial charge in [-0.15, -0.1) is 0 Å². The molecule has 0 spiro atoms. The van der Waals surface area contributed by atoms with E-state index in [9.17, 15) is 9.59 Å². The number of carbonyl (C=O) groups is 2. The fourth-order valence-corrected chi connectivity index (χ4v) is 3.31. The van der Waals surface area contributed by atoms with Gasteiger partial charge in [0.05, 0.1) is 37.4 Å². The number of nitrogens with one attached hydrogen (secondary N) is 2. The molecule has 0 aromatic heterocycles. The highest BCUT2D eigenvalue weighted by molar-refractivity contribution is 5.95. The summed E-state index contributed by atoms with van der Waals surface area (Å²) >= 11 is 0. The van der Waals surface area contributed by atoms with Gasteiger partial charge in [-0.2, -0.15) is 5.26 Å². The van der Waals surface area contributed by atoms with Crippen LogP contribution in [0, 0.1) is 11.3 Å². The van der Waals surface area contributed by atoms with E-state index in [0.717, 1.165) is 4.90 Å². The smallest absolute Gasteiger partial charge is 0.282 e. The van der Waals surface area contributed by atoms with Crippen molar-refractivity contribution >= 4 is 17.5 Å². The molecule has 1 atom stereocenters. The summed E-state index contributed by atoms with van der Waals surface area (Å²) in [6.45, 7) is 4.55. The molecule has 27 heavy (non-hydrogen) atoms. The van der Waals surface area contributed by atoms with E-state index in [1.165, 1.54) is 0 Å². The van der Waals surface area contributed by atoms with Gasteiger partial charge in [-0.1, -0.05) is 30.3 Å². The van der Waals surface area contributed by atoms with Crippen molar-refractivity contribution in [3.05, 3.63) is 65.7 Å². The summed E-state index contributed by atoms with van der Waals surface area (Å²) in [5, 5.41) is 12.0. The van der Waals surface area contributed by atoms with Crippen molar-refractivity contribution in [3.63, 3.8) is 0 Å². The fourth-order valence-electron chi connectivity index (χ4n) is 3.31. The maximum Gasteiger partial charge on any atom is 0.282 e. The zero-order valence-corrected chi connectivity index (χ0v) is 15.3. The number of hydrogen-bond acceptors (Lipinski definition) is 3. The number of carbonyl (C=O) groups excluding carboxylic acids is 2. The molecule has 1 fully saturated rings. The standard InChI is InChI=1S/C21H22N4O2/c1-16(20(26)23-19-10-6-5-9-18(19)15-22)24-11-13-25(14-12-24)21(27)17-7-3-2-4-8-17/h2-10,16H,11-14H2,1H3,(H,23,26)/p+1/t16-/m0/s1. The molecule has 1 heterocycles. The Morgan fingerprint density at radius 2 is 1.70 bits per heavy atom. The lowest BCUT2D eigenvalue weighted by Crippen LogP contribution is -3.19. The van der Waals surface area contributed by atoms with Crippen molar-refractivity contribution < 1.29 is 14.5 Å². The van der Waals surface area contributed by atoms with Gasteiger partial charge >= 0.3 is 0 Å². The molecule has 2 aromatic rings. The predicted octanol–water partition coefficient (Wildman–Crippen LogP) is 0.926. The van der Waals surface area contributed by atoms with Gasteiger partial charge in [-0.25, -0.2) is 0 Å². The number of amides is 2. The SMILES string of the molecule is C[C@@H](C(=O)Nc1ccccc1C#N)[NH+]1CCN(C(=O)c2ccccc2)CC1. The molecule has 0 radical (unpaired) electrons. The lowest BCUT2D eigenvalue weighted by atomic mass is 10.1. The number of nitriles is 1. The fraction of sp³-hybridized carbons (Fsp3) is 0.286. The molecule has 0 saturated carbocycles. The van der Waals surface area contributed by atoms with Gasteiger partial charge in [0.1, 0.15) is 6.07 Å². The first kappa shape index (κ1) is 18.6. The van der Waals surface area contributed by atoms with Crippen molar-refractivity contribution in [1.82, 2.24) is 4.90 Å². The topological polar surface area (TPSA) is 77.6 Å². The molecule has 6 heteroatoms. The Hall–Kier alpha value is -3.17. The summed E-state index contributed by atoms with van der Waals surface area (Å²) in [6.07, 6.45) is 0. The molecule has 1 aliphatic heterocycles. The van der Waals surface area contributed by atoms with Crippen LogP contribution in [0.2, 0.25) is 0 Å². The molecular formula is C21H23N4O2+. The van der Waals surface area contributed by atoms with Crippen LogP contribution in [-0.2, 0) is 4.79 Å². The number of hydrogen-bond donors (Lipinski definition) is 2. The minimum Gasteiger partial charge on any atom is -0.327 e. The highest BCUT2D eigenvalue weighted by Gasteiger charge is 2.31. The molecule has 138 valence electrons. The van der Waals surface area contributed by atoms with Crippen LogP contribution in [0.1, 0.15) is 22.8 Å². The van der Waals surface area contributed by atoms with E-state index in [0.29, 0.717) is 43.0 Å². The van der Waals surface area contributed by atoms with Gasteiger partial charge < -0.3 is 15.1 Å². The third-order valence-electron chi connectivity index (χ3n) is 5.02. The summed E-state index contributed by atoms with van der Waals surface area (Å²) < 4.78 is 0. The molecule has 2 amide bonds. The normalized spacial score (nSPS) is 15.6. The molecule has 1 saturated heterocycles. The van der Waals surface area contributed by atoms with Crippen LogP contribution in [0.25, 0.3) is 0 Å². The molecule has 2 aromatic carbocycles. The van der Waals surface area contributed by atoms with Crippen molar-refractivity contribution in [2.75, 3.05) is 31.5 Å².